The average Bonchev–Trinajstić information content (AvgIpc) is 3.01. The van der Waals surface area contributed by atoms with Crippen LogP contribution in [0, 0.1) is 0 Å². The van der Waals surface area contributed by atoms with Crippen molar-refractivity contribution in [2.75, 3.05) is 16.8 Å². The summed E-state index contributed by atoms with van der Waals surface area (Å²) in [7, 11) is 0. The lowest BCUT2D eigenvalue weighted by molar-refractivity contribution is -0.113. The molecule has 23 heavy (non-hydrogen) atoms. The van der Waals surface area contributed by atoms with Crippen LogP contribution in [-0.2, 0) is 4.79 Å². The summed E-state index contributed by atoms with van der Waals surface area (Å²) in [5.41, 5.74) is 0.841. The van der Waals surface area contributed by atoms with E-state index in [9.17, 15) is 4.79 Å². The molecular weight excluding hydrogens is 346 g/mol. The lowest BCUT2D eigenvalue weighted by atomic mass is 10.1. The zero-order valence-corrected chi connectivity index (χ0v) is 14.9. The maximum atomic E-state index is 12.2. The molecule has 1 N–H and O–H groups in total. The van der Waals surface area contributed by atoms with Gasteiger partial charge in [-0.25, -0.2) is 0 Å². The number of amides is 1. The number of thioether (sulfide) groups is 2. The van der Waals surface area contributed by atoms with E-state index in [0.717, 1.165) is 30.9 Å². The van der Waals surface area contributed by atoms with E-state index in [1.165, 1.54) is 23.1 Å². The molecule has 3 rings (SSSR count). The maximum Gasteiger partial charge on any atom is 0.234 e. The number of carbonyl (C=O) groups excluding carboxylic acids is 1. The van der Waals surface area contributed by atoms with Gasteiger partial charge in [-0.15, -0.1) is 10.2 Å². The number of anilines is 1. The zero-order valence-electron chi connectivity index (χ0n) is 12.5. The highest BCUT2D eigenvalue weighted by molar-refractivity contribution is 8.03. The van der Waals surface area contributed by atoms with E-state index < -0.39 is 0 Å². The minimum absolute atomic E-state index is 0.0359. The molecule has 0 bridgehead atoms. The largest absolute Gasteiger partial charge is 0.325 e. The number of nitrogens with zero attached hydrogens (tertiary/aromatic N) is 2. The van der Waals surface area contributed by atoms with Crippen molar-refractivity contribution in [3.8, 4) is 0 Å². The van der Waals surface area contributed by atoms with Gasteiger partial charge in [-0.05, 0) is 17.2 Å². The fraction of sp³-hybridized carbons (Fsp3) is 0.188. The Labute approximate surface area is 147 Å². The Hall–Kier alpha value is -1.57. The molecule has 1 amide bonds. The normalized spacial score (nSPS) is 10.8. The molecule has 0 atom stereocenters. The van der Waals surface area contributed by atoms with Gasteiger partial charge in [0.15, 0.2) is 8.68 Å². The molecule has 118 valence electrons. The van der Waals surface area contributed by atoms with Crippen molar-refractivity contribution >= 4 is 57.2 Å². The third-order valence-corrected chi connectivity index (χ3v) is 6.12. The minimum atomic E-state index is -0.0359. The summed E-state index contributed by atoms with van der Waals surface area (Å²) in [4.78, 5) is 12.2. The molecule has 0 spiro atoms. The van der Waals surface area contributed by atoms with Gasteiger partial charge in [-0.2, -0.15) is 0 Å². The molecule has 0 saturated heterocycles. The summed E-state index contributed by atoms with van der Waals surface area (Å²) in [5, 5.41) is 13.3. The van der Waals surface area contributed by atoms with Crippen molar-refractivity contribution in [1.82, 2.24) is 10.2 Å². The van der Waals surface area contributed by atoms with Gasteiger partial charge in [0.1, 0.15) is 0 Å². The lowest BCUT2D eigenvalue weighted by Crippen LogP contribution is -2.14. The van der Waals surface area contributed by atoms with E-state index in [1.807, 2.05) is 42.5 Å². The maximum absolute atomic E-state index is 12.2. The van der Waals surface area contributed by atoms with Crippen LogP contribution in [0.1, 0.15) is 6.92 Å². The molecule has 0 aliphatic rings. The van der Waals surface area contributed by atoms with E-state index in [0.29, 0.717) is 5.75 Å². The predicted molar refractivity (Wildman–Crippen MR) is 99.6 cm³/mol. The SMILES string of the molecule is CCSc1nnc(SCC(=O)Nc2cccc3ccccc23)s1. The van der Waals surface area contributed by atoms with Crippen molar-refractivity contribution < 1.29 is 4.79 Å². The Kier molecular flexibility index (Phi) is 5.53. The number of aromatic nitrogens is 2. The molecule has 7 heteroatoms. The van der Waals surface area contributed by atoms with Crippen molar-refractivity contribution in [2.45, 2.75) is 15.6 Å². The third-order valence-electron chi connectivity index (χ3n) is 3.05. The van der Waals surface area contributed by atoms with E-state index in [1.54, 1.807) is 11.8 Å². The highest BCUT2D eigenvalue weighted by atomic mass is 32.2. The Morgan fingerprint density at radius 1 is 1.09 bits per heavy atom. The number of hydrogen-bond acceptors (Lipinski definition) is 6. The van der Waals surface area contributed by atoms with Crippen molar-refractivity contribution in [1.29, 1.82) is 0 Å². The van der Waals surface area contributed by atoms with Crippen LogP contribution >= 0.6 is 34.9 Å². The van der Waals surface area contributed by atoms with E-state index >= 15 is 0 Å². The molecule has 3 aromatic rings. The van der Waals surface area contributed by atoms with Gasteiger partial charge >= 0.3 is 0 Å². The highest BCUT2D eigenvalue weighted by Gasteiger charge is 2.09. The van der Waals surface area contributed by atoms with E-state index in [-0.39, 0.29) is 5.91 Å². The van der Waals surface area contributed by atoms with Crippen molar-refractivity contribution in [2.24, 2.45) is 0 Å². The standard InChI is InChI=1S/C16H15N3OS3/c1-2-21-15-18-19-16(23-15)22-10-14(20)17-13-9-5-7-11-6-3-4-8-12(11)13/h3-9H,2,10H2,1H3,(H,17,20). The Morgan fingerprint density at radius 2 is 1.83 bits per heavy atom. The molecule has 0 saturated carbocycles. The molecule has 0 unspecified atom stereocenters. The van der Waals surface area contributed by atoms with Crippen LogP contribution < -0.4 is 5.32 Å². The Bertz CT molecular complexity index is 814. The molecule has 1 aromatic heterocycles. The number of benzene rings is 2. The molecular formula is C16H15N3OS3. The van der Waals surface area contributed by atoms with Gasteiger partial charge in [0.25, 0.3) is 0 Å². The molecule has 0 fully saturated rings. The second-order valence-electron chi connectivity index (χ2n) is 4.63. The van der Waals surface area contributed by atoms with Crippen molar-refractivity contribution in [3.63, 3.8) is 0 Å². The number of carbonyl (C=O) groups is 1. The molecule has 0 aliphatic carbocycles. The molecule has 0 radical (unpaired) electrons. The topological polar surface area (TPSA) is 54.9 Å². The van der Waals surface area contributed by atoms with E-state index in [4.69, 9.17) is 0 Å². The van der Waals surface area contributed by atoms with Crippen LogP contribution in [0.5, 0.6) is 0 Å². The van der Waals surface area contributed by atoms with Crippen LogP contribution in [0.4, 0.5) is 5.69 Å². The molecule has 4 nitrogen and oxygen atoms in total. The Morgan fingerprint density at radius 3 is 2.65 bits per heavy atom. The first-order valence-corrected chi connectivity index (χ1v) is 9.91. The van der Waals surface area contributed by atoms with Gasteiger partial charge in [-0.3, -0.25) is 4.79 Å². The molecule has 2 aromatic carbocycles. The molecule has 1 heterocycles. The monoisotopic (exact) mass is 361 g/mol. The summed E-state index contributed by atoms with van der Waals surface area (Å²) in [6.07, 6.45) is 0. The molecule has 0 aliphatic heterocycles. The zero-order chi connectivity index (χ0) is 16.1. The van der Waals surface area contributed by atoms with Gasteiger partial charge < -0.3 is 5.32 Å². The number of hydrogen-bond donors (Lipinski definition) is 1. The van der Waals surface area contributed by atoms with Crippen LogP contribution in [0.2, 0.25) is 0 Å². The smallest absolute Gasteiger partial charge is 0.234 e. The van der Waals surface area contributed by atoms with Crippen LogP contribution in [0.15, 0.2) is 51.1 Å². The fourth-order valence-corrected chi connectivity index (χ4v) is 4.80. The van der Waals surface area contributed by atoms with Crippen LogP contribution in [0.25, 0.3) is 10.8 Å². The highest BCUT2D eigenvalue weighted by Crippen LogP contribution is 2.29. The third kappa shape index (κ3) is 4.25. The first-order chi connectivity index (χ1) is 11.3. The van der Waals surface area contributed by atoms with Crippen LogP contribution in [0.3, 0.4) is 0 Å². The van der Waals surface area contributed by atoms with Gasteiger partial charge in [0.2, 0.25) is 5.91 Å². The number of nitrogens with one attached hydrogen (secondary N) is 1. The van der Waals surface area contributed by atoms with E-state index in [2.05, 4.69) is 22.4 Å². The average molecular weight is 362 g/mol. The summed E-state index contributed by atoms with van der Waals surface area (Å²) < 4.78 is 1.78. The minimum Gasteiger partial charge on any atom is -0.325 e. The quantitative estimate of drug-likeness (QED) is 0.654. The summed E-state index contributed by atoms with van der Waals surface area (Å²) >= 11 is 4.62. The lowest BCUT2D eigenvalue weighted by Gasteiger charge is -2.08. The Balaban J connectivity index is 1.62. The van der Waals surface area contributed by atoms with Gasteiger partial charge in [-0.1, -0.05) is 78.2 Å². The van der Waals surface area contributed by atoms with Crippen molar-refractivity contribution in [3.05, 3.63) is 42.5 Å². The van der Waals surface area contributed by atoms with Gasteiger partial charge in [0.05, 0.1) is 5.75 Å². The fourth-order valence-electron chi connectivity index (χ4n) is 2.09. The second-order valence-corrected chi connectivity index (χ2v) is 8.34. The number of rotatable bonds is 6. The number of fused-ring (bicyclic) bond motifs is 1. The summed E-state index contributed by atoms with van der Waals surface area (Å²) in [5.74, 6) is 1.27. The first-order valence-electron chi connectivity index (χ1n) is 7.13. The van der Waals surface area contributed by atoms with Gasteiger partial charge in [0, 0.05) is 11.1 Å². The second kappa shape index (κ2) is 7.81. The van der Waals surface area contributed by atoms with Crippen LogP contribution in [-0.4, -0.2) is 27.6 Å². The summed E-state index contributed by atoms with van der Waals surface area (Å²) in [6.45, 7) is 2.08. The first kappa shape index (κ1) is 16.3. The summed E-state index contributed by atoms with van der Waals surface area (Å²) in [6, 6.07) is 13.9. The predicted octanol–water partition coefficient (Wildman–Crippen LogP) is 4.53.